The Morgan fingerprint density at radius 1 is 0.842 bits per heavy atom. The van der Waals surface area contributed by atoms with Gasteiger partial charge in [-0.2, -0.15) is 0 Å². The number of benzene rings is 3. The van der Waals surface area contributed by atoms with Crippen LogP contribution in [-0.2, 0) is 0 Å². The van der Waals surface area contributed by atoms with Crippen LogP contribution in [0.15, 0.2) is 60.7 Å². The minimum atomic E-state index is -0.571. The molecule has 0 aliphatic carbocycles. The van der Waals surface area contributed by atoms with Crippen LogP contribution in [0.25, 0.3) is 10.8 Å². The van der Waals surface area contributed by atoms with Crippen LogP contribution in [0, 0.1) is 0 Å². The number of ether oxygens (including phenoxy) is 1. The van der Waals surface area contributed by atoms with Gasteiger partial charge in [-0.3, -0.25) is 24.3 Å². The van der Waals surface area contributed by atoms with Crippen molar-refractivity contribution < 1.29 is 19.4 Å². The van der Waals surface area contributed by atoms with Gasteiger partial charge in [-0.05, 0) is 41.5 Å². The van der Waals surface area contributed by atoms with Crippen LogP contribution in [0.5, 0.6) is 5.75 Å². The standard InChI is InChI=1S/C31H37N3O4/c1-3-22(2)25-10-4-5-13-28(25)38-21-24(35)20-33-16-14-32(15-17-33)18-19-34-30(36)26-11-6-8-23-9-7-12-27(29(23)26)31(34)37/h4-13,22,24,35H,3,14-21H2,1-2H3/t22-,24+/m0/s1. The van der Waals surface area contributed by atoms with E-state index in [2.05, 4.69) is 29.7 Å². The van der Waals surface area contributed by atoms with Gasteiger partial charge in [0.15, 0.2) is 0 Å². The molecule has 1 saturated heterocycles. The highest BCUT2D eigenvalue weighted by Crippen LogP contribution is 2.30. The van der Waals surface area contributed by atoms with Gasteiger partial charge >= 0.3 is 0 Å². The third kappa shape index (κ3) is 5.46. The number of aliphatic hydroxyl groups excluding tert-OH is 1. The van der Waals surface area contributed by atoms with E-state index in [-0.39, 0.29) is 18.4 Å². The number of β-amino-alcohol motifs (C(OH)–C–C–N with tert-alkyl or cyclic N) is 1. The predicted molar refractivity (Wildman–Crippen MR) is 149 cm³/mol. The van der Waals surface area contributed by atoms with Crippen molar-refractivity contribution in [2.75, 3.05) is 52.4 Å². The molecular weight excluding hydrogens is 478 g/mol. The zero-order valence-corrected chi connectivity index (χ0v) is 22.3. The summed E-state index contributed by atoms with van der Waals surface area (Å²) in [5.41, 5.74) is 2.39. The highest BCUT2D eigenvalue weighted by Gasteiger charge is 2.33. The van der Waals surface area contributed by atoms with Crippen LogP contribution in [0.2, 0.25) is 0 Å². The average molecular weight is 516 g/mol. The number of imide groups is 1. The Labute approximate surface area is 224 Å². The Kier molecular flexibility index (Phi) is 8.07. The number of aliphatic hydroxyl groups is 1. The number of hydrogen-bond donors (Lipinski definition) is 1. The summed E-state index contributed by atoms with van der Waals surface area (Å²) in [5, 5.41) is 12.3. The Balaban J connectivity index is 1.09. The molecule has 0 aromatic heterocycles. The van der Waals surface area contributed by atoms with Crippen molar-refractivity contribution in [2.24, 2.45) is 0 Å². The van der Waals surface area contributed by atoms with E-state index in [0.29, 0.717) is 36.7 Å². The molecule has 5 rings (SSSR count). The number of hydrogen-bond acceptors (Lipinski definition) is 6. The third-order valence-corrected chi connectivity index (χ3v) is 7.92. The lowest BCUT2D eigenvalue weighted by molar-refractivity contribution is 0.0414. The van der Waals surface area contributed by atoms with E-state index in [0.717, 1.165) is 49.1 Å². The number of para-hydroxylation sites is 1. The molecule has 3 aromatic rings. The normalized spacial score (nSPS) is 18.1. The van der Waals surface area contributed by atoms with E-state index in [1.165, 1.54) is 10.5 Å². The monoisotopic (exact) mass is 515 g/mol. The zero-order chi connectivity index (χ0) is 26.6. The lowest BCUT2D eigenvalue weighted by Gasteiger charge is -2.36. The van der Waals surface area contributed by atoms with E-state index in [4.69, 9.17) is 4.74 Å². The van der Waals surface area contributed by atoms with Gasteiger partial charge in [0.1, 0.15) is 18.5 Å². The Hall–Kier alpha value is -3.26. The van der Waals surface area contributed by atoms with Gasteiger partial charge in [-0.15, -0.1) is 0 Å². The first kappa shape index (κ1) is 26.4. The van der Waals surface area contributed by atoms with Crippen LogP contribution in [0.4, 0.5) is 0 Å². The number of carbonyl (C=O) groups excluding carboxylic acids is 2. The van der Waals surface area contributed by atoms with E-state index < -0.39 is 6.10 Å². The summed E-state index contributed by atoms with van der Waals surface area (Å²) < 4.78 is 6.00. The molecule has 0 unspecified atom stereocenters. The minimum Gasteiger partial charge on any atom is -0.491 e. The quantitative estimate of drug-likeness (QED) is 0.412. The summed E-state index contributed by atoms with van der Waals surface area (Å²) >= 11 is 0. The summed E-state index contributed by atoms with van der Waals surface area (Å²) in [6.45, 7) is 9.49. The third-order valence-electron chi connectivity index (χ3n) is 7.92. The van der Waals surface area contributed by atoms with Gasteiger partial charge in [-0.25, -0.2) is 0 Å². The largest absolute Gasteiger partial charge is 0.491 e. The molecular formula is C31H37N3O4. The Bertz CT molecular complexity index is 1250. The van der Waals surface area contributed by atoms with Crippen molar-refractivity contribution in [1.29, 1.82) is 0 Å². The Morgan fingerprint density at radius 2 is 1.47 bits per heavy atom. The summed E-state index contributed by atoms with van der Waals surface area (Å²) in [5.74, 6) is 0.841. The van der Waals surface area contributed by atoms with Gasteiger partial charge in [0, 0.05) is 62.3 Å². The van der Waals surface area contributed by atoms with Gasteiger partial charge < -0.3 is 9.84 Å². The van der Waals surface area contributed by atoms with Crippen LogP contribution < -0.4 is 4.74 Å². The molecule has 2 aliphatic heterocycles. The molecule has 7 heteroatoms. The van der Waals surface area contributed by atoms with Crippen molar-refractivity contribution in [3.05, 3.63) is 77.4 Å². The lowest BCUT2D eigenvalue weighted by Crippen LogP contribution is -2.51. The minimum absolute atomic E-state index is 0.212. The predicted octanol–water partition coefficient (Wildman–Crippen LogP) is 4.01. The molecule has 0 radical (unpaired) electrons. The average Bonchev–Trinajstić information content (AvgIpc) is 2.95. The SMILES string of the molecule is CC[C@H](C)c1ccccc1OC[C@H](O)CN1CCN(CCN2C(=O)c3cccc4cccc(c34)C2=O)CC1. The highest BCUT2D eigenvalue weighted by atomic mass is 16.5. The number of nitrogens with zero attached hydrogens (tertiary/aromatic N) is 3. The fraction of sp³-hybridized carbons (Fsp3) is 0.419. The maximum absolute atomic E-state index is 13.1. The van der Waals surface area contributed by atoms with E-state index >= 15 is 0 Å². The van der Waals surface area contributed by atoms with E-state index in [9.17, 15) is 14.7 Å². The summed E-state index contributed by atoms with van der Waals surface area (Å²) in [6.07, 6.45) is 0.467. The lowest BCUT2D eigenvalue weighted by atomic mass is 9.94. The first-order valence-electron chi connectivity index (χ1n) is 13.7. The molecule has 1 N–H and O–H groups in total. The molecule has 1 fully saturated rings. The van der Waals surface area contributed by atoms with Crippen LogP contribution >= 0.6 is 0 Å². The number of carbonyl (C=O) groups is 2. The van der Waals surface area contributed by atoms with E-state index in [1.54, 1.807) is 0 Å². The van der Waals surface area contributed by atoms with Gasteiger partial charge in [0.2, 0.25) is 0 Å². The zero-order valence-electron chi connectivity index (χ0n) is 22.3. The van der Waals surface area contributed by atoms with Crippen LogP contribution in [-0.4, -0.2) is 90.1 Å². The van der Waals surface area contributed by atoms with Crippen molar-refractivity contribution >= 4 is 22.6 Å². The second-order valence-corrected chi connectivity index (χ2v) is 10.4. The molecule has 7 nitrogen and oxygen atoms in total. The summed E-state index contributed by atoms with van der Waals surface area (Å²) in [4.78, 5) is 32.2. The first-order chi connectivity index (χ1) is 18.5. The van der Waals surface area contributed by atoms with Crippen LogP contribution in [0.1, 0.15) is 52.5 Å². The van der Waals surface area contributed by atoms with Gasteiger partial charge in [-0.1, -0.05) is 56.3 Å². The summed E-state index contributed by atoms with van der Waals surface area (Å²) in [6, 6.07) is 19.3. The number of piperazine rings is 1. The van der Waals surface area contributed by atoms with Gasteiger partial charge in [0.05, 0.1) is 0 Å². The molecule has 38 heavy (non-hydrogen) atoms. The number of rotatable bonds is 10. The van der Waals surface area contributed by atoms with Crippen molar-refractivity contribution in [3.63, 3.8) is 0 Å². The molecule has 0 spiro atoms. The Morgan fingerprint density at radius 3 is 2.13 bits per heavy atom. The van der Waals surface area contributed by atoms with Crippen molar-refractivity contribution in [3.8, 4) is 5.75 Å². The summed E-state index contributed by atoms with van der Waals surface area (Å²) in [7, 11) is 0. The van der Waals surface area contributed by atoms with Crippen molar-refractivity contribution in [1.82, 2.24) is 14.7 Å². The maximum Gasteiger partial charge on any atom is 0.261 e. The maximum atomic E-state index is 13.1. The highest BCUT2D eigenvalue weighted by molar-refractivity contribution is 6.25. The fourth-order valence-corrected chi connectivity index (χ4v) is 5.50. The molecule has 0 bridgehead atoms. The van der Waals surface area contributed by atoms with Crippen molar-refractivity contribution in [2.45, 2.75) is 32.3 Å². The first-order valence-corrected chi connectivity index (χ1v) is 13.7. The molecule has 2 aliphatic rings. The second-order valence-electron chi connectivity index (χ2n) is 10.4. The topological polar surface area (TPSA) is 73.3 Å². The molecule has 2 heterocycles. The molecule has 200 valence electrons. The molecule has 2 amide bonds. The molecule has 2 atom stereocenters. The smallest absolute Gasteiger partial charge is 0.261 e. The van der Waals surface area contributed by atoms with Gasteiger partial charge in [0.25, 0.3) is 11.8 Å². The number of amides is 2. The van der Waals surface area contributed by atoms with Crippen LogP contribution in [0.3, 0.4) is 0 Å². The fourth-order valence-electron chi connectivity index (χ4n) is 5.50. The van der Waals surface area contributed by atoms with E-state index in [1.807, 2.05) is 54.6 Å². The second kappa shape index (κ2) is 11.6. The molecule has 0 saturated carbocycles. The molecule has 3 aromatic carbocycles.